The molecule has 0 aliphatic carbocycles. The first-order valence-corrected chi connectivity index (χ1v) is 7.86. The first kappa shape index (κ1) is 14.4. The van der Waals surface area contributed by atoms with Crippen molar-refractivity contribution in [2.45, 2.75) is 29.6 Å². The summed E-state index contributed by atoms with van der Waals surface area (Å²) in [5.74, 6) is 0.0818. The molecule has 0 amide bonds. The van der Waals surface area contributed by atoms with Crippen LogP contribution in [0.3, 0.4) is 0 Å². The number of fused-ring (bicyclic) bond motifs is 1. The summed E-state index contributed by atoms with van der Waals surface area (Å²) in [6, 6.07) is 12.6. The smallest absolute Gasteiger partial charge is 0.128 e. The minimum absolute atomic E-state index is 0.326. The van der Waals surface area contributed by atoms with Crippen LogP contribution in [-0.2, 0) is 6.42 Å². The summed E-state index contributed by atoms with van der Waals surface area (Å²) < 4.78 is 19.1. The van der Waals surface area contributed by atoms with E-state index in [0.717, 1.165) is 6.42 Å². The first-order valence-electron chi connectivity index (χ1n) is 6.98. The third-order valence-electron chi connectivity index (χ3n) is 3.56. The number of ether oxygens (including phenoxy) is 1. The summed E-state index contributed by atoms with van der Waals surface area (Å²) in [6.45, 7) is 2.16. The van der Waals surface area contributed by atoms with E-state index >= 15 is 0 Å². The molecule has 21 heavy (non-hydrogen) atoms. The van der Waals surface area contributed by atoms with Crippen molar-refractivity contribution in [2.24, 2.45) is 0 Å². The zero-order chi connectivity index (χ0) is 14.8. The van der Waals surface area contributed by atoms with Gasteiger partial charge < -0.3 is 9.84 Å². The minimum atomic E-state index is -0.672. The minimum Gasteiger partial charge on any atom is -0.492 e. The average Bonchev–Trinajstić information content (AvgIpc) is 2.87. The average molecular weight is 304 g/mol. The van der Waals surface area contributed by atoms with Crippen LogP contribution >= 0.6 is 11.8 Å². The second-order valence-corrected chi connectivity index (χ2v) is 6.56. The fourth-order valence-electron chi connectivity index (χ4n) is 2.51. The summed E-state index contributed by atoms with van der Waals surface area (Å²) in [7, 11) is 0. The van der Waals surface area contributed by atoms with Gasteiger partial charge in [0.25, 0.3) is 0 Å². The topological polar surface area (TPSA) is 29.5 Å². The van der Waals surface area contributed by atoms with Crippen LogP contribution in [0.4, 0.5) is 4.39 Å². The Balaban J connectivity index is 1.68. The fourth-order valence-corrected chi connectivity index (χ4v) is 3.73. The quantitative estimate of drug-likeness (QED) is 0.926. The maximum absolute atomic E-state index is 13.4. The van der Waals surface area contributed by atoms with Gasteiger partial charge in [-0.2, -0.15) is 0 Å². The molecule has 1 aliphatic heterocycles. The van der Waals surface area contributed by atoms with Gasteiger partial charge in [0.1, 0.15) is 18.2 Å². The monoisotopic (exact) mass is 304 g/mol. The molecule has 1 heterocycles. The molecule has 2 aromatic carbocycles. The molecule has 110 valence electrons. The number of hydrogen-bond acceptors (Lipinski definition) is 3. The molecule has 4 heteroatoms. The molecule has 3 rings (SSSR count). The molecule has 0 spiro atoms. The Kier molecular flexibility index (Phi) is 4.17. The Morgan fingerprint density at radius 1 is 1.33 bits per heavy atom. The Morgan fingerprint density at radius 3 is 2.90 bits per heavy atom. The van der Waals surface area contributed by atoms with Crippen molar-refractivity contribution in [2.75, 3.05) is 6.61 Å². The van der Waals surface area contributed by atoms with Gasteiger partial charge in [-0.25, -0.2) is 4.39 Å². The van der Waals surface area contributed by atoms with Gasteiger partial charge in [0.05, 0.1) is 6.10 Å². The number of aliphatic hydroxyl groups excluding tert-OH is 1. The second-order valence-electron chi connectivity index (χ2n) is 5.22. The zero-order valence-corrected chi connectivity index (χ0v) is 12.6. The van der Waals surface area contributed by atoms with Gasteiger partial charge in [0, 0.05) is 21.8 Å². The van der Waals surface area contributed by atoms with E-state index in [-0.39, 0.29) is 5.82 Å². The van der Waals surface area contributed by atoms with E-state index in [9.17, 15) is 9.50 Å². The van der Waals surface area contributed by atoms with E-state index in [0.29, 0.717) is 23.2 Å². The van der Waals surface area contributed by atoms with Crippen LogP contribution in [0.25, 0.3) is 0 Å². The lowest BCUT2D eigenvalue weighted by molar-refractivity contribution is 0.191. The zero-order valence-electron chi connectivity index (χ0n) is 11.8. The number of aliphatic hydroxyl groups is 1. The lowest BCUT2D eigenvalue weighted by Crippen LogP contribution is -2.14. The van der Waals surface area contributed by atoms with Crippen molar-refractivity contribution < 1.29 is 14.2 Å². The predicted molar refractivity (Wildman–Crippen MR) is 82.3 cm³/mol. The van der Waals surface area contributed by atoms with Crippen molar-refractivity contribution in [1.29, 1.82) is 0 Å². The maximum Gasteiger partial charge on any atom is 0.128 e. The summed E-state index contributed by atoms with van der Waals surface area (Å²) in [6.07, 6.45) is 0.286. The molecule has 0 saturated carbocycles. The fraction of sp³-hybridized carbons (Fsp3) is 0.294. The Bertz CT molecular complexity index is 617. The Morgan fingerprint density at radius 2 is 2.14 bits per heavy atom. The largest absolute Gasteiger partial charge is 0.492 e. The van der Waals surface area contributed by atoms with Crippen LogP contribution in [0.5, 0.6) is 5.75 Å². The van der Waals surface area contributed by atoms with Gasteiger partial charge in [0.2, 0.25) is 0 Å². The Hall–Kier alpha value is -1.52. The third-order valence-corrected chi connectivity index (χ3v) is 4.85. The molecule has 0 aromatic heterocycles. The normalized spacial score (nSPS) is 18.3. The Labute approximate surface area is 128 Å². The molecule has 0 fully saturated rings. The summed E-state index contributed by atoms with van der Waals surface area (Å²) >= 11 is 1.79. The third kappa shape index (κ3) is 3.22. The van der Waals surface area contributed by atoms with Crippen LogP contribution in [0.1, 0.15) is 24.2 Å². The van der Waals surface area contributed by atoms with E-state index in [1.807, 2.05) is 12.1 Å². The highest BCUT2D eigenvalue weighted by molar-refractivity contribution is 8.00. The van der Waals surface area contributed by atoms with E-state index in [1.165, 1.54) is 22.6 Å². The van der Waals surface area contributed by atoms with Crippen molar-refractivity contribution in [3.05, 3.63) is 59.4 Å². The molecule has 0 saturated heterocycles. The van der Waals surface area contributed by atoms with Gasteiger partial charge >= 0.3 is 0 Å². The van der Waals surface area contributed by atoms with Crippen LogP contribution in [-0.4, -0.2) is 17.0 Å². The van der Waals surface area contributed by atoms with Crippen LogP contribution in [0.2, 0.25) is 0 Å². The predicted octanol–water partition coefficient (Wildman–Crippen LogP) is 3.97. The molecule has 0 bridgehead atoms. The van der Waals surface area contributed by atoms with Gasteiger partial charge in [0.15, 0.2) is 0 Å². The van der Waals surface area contributed by atoms with E-state index in [4.69, 9.17) is 4.74 Å². The molecule has 2 aromatic rings. The van der Waals surface area contributed by atoms with Crippen LogP contribution in [0, 0.1) is 5.82 Å². The molecule has 1 aliphatic rings. The highest BCUT2D eigenvalue weighted by atomic mass is 32.2. The van der Waals surface area contributed by atoms with Gasteiger partial charge in [-0.1, -0.05) is 18.2 Å². The molecular weight excluding hydrogens is 287 g/mol. The molecular formula is C17H17FO2S. The molecule has 1 unspecified atom stereocenters. The van der Waals surface area contributed by atoms with Gasteiger partial charge in [-0.15, -0.1) is 11.8 Å². The standard InChI is InChI=1S/C17H17FO2S/c1-11(19)15-7-6-13(18)9-16(15)20-10-14-8-12-4-2-3-5-17(12)21-14/h2-7,9,11,14,19H,8,10H2,1H3/t11-,14?/m1/s1. The van der Waals surface area contributed by atoms with Crippen molar-refractivity contribution in [1.82, 2.24) is 0 Å². The number of thioether (sulfide) groups is 1. The summed E-state index contributed by atoms with van der Waals surface area (Å²) in [5.41, 5.74) is 1.96. The van der Waals surface area contributed by atoms with E-state index < -0.39 is 6.10 Å². The van der Waals surface area contributed by atoms with E-state index in [1.54, 1.807) is 24.8 Å². The molecule has 1 N–H and O–H groups in total. The van der Waals surface area contributed by atoms with Crippen molar-refractivity contribution >= 4 is 11.8 Å². The number of halogens is 1. The van der Waals surface area contributed by atoms with Crippen LogP contribution < -0.4 is 4.74 Å². The van der Waals surface area contributed by atoms with Gasteiger partial charge in [-0.05, 0) is 37.1 Å². The summed E-state index contributed by atoms with van der Waals surface area (Å²) in [5, 5.41) is 10.0. The number of benzene rings is 2. The number of rotatable bonds is 4. The highest BCUT2D eigenvalue weighted by Crippen LogP contribution is 2.37. The highest BCUT2D eigenvalue weighted by Gasteiger charge is 2.23. The number of hydrogen-bond donors (Lipinski definition) is 1. The molecule has 2 atom stereocenters. The first-order chi connectivity index (χ1) is 10.1. The van der Waals surface area contributed by atoms with Crippen LogP contribution in [0.15, 0.2) is 47.4 Å². The maximum atomic E-state index is 13.4. The van der Waals surface area contributed by atoms with Crippen molar-refractivity contribution in [3.8, 4) is 5.75 Å². The lowest BCUT2D eigenvalue weighted by atomic mass is 10.1. The SMILES string of the molecule is C[C@@H](O)c1ccc(F)cc1OCC1Cc2ccccc2S1. The molecule has 2 nitrogen and oxygen atoms in total. The van der Waals surface area contributed by atoms with E-state index in [2.05, 4.69) is 12.1 Å². The second kappa shape index (κ2) is 6.08. The molecule has 0 radical (unpaired) electrons. The van der Waals surface area contributed by atoms with Gasteiger partial charge in [-0.3, -0.25) is 0 Å². The lowest BCUT2D eigenvalue weighted by Gasteiger charge is -2.16. The van der Waals surface area contributed by atoms with Crippen molar-refractivity contribution in [3.63, 3.8) is 0 Å². The summed E-state index contributed by atoms with van der Waals surface area (Å²) in [4.78, 5) is 1.29.